The molecule has 1 amide bonds. The average molecular weight is 399 g/mol. The number of carbonyl (C=O) groups excluding carboxylic acids is 2. The second-order valence-corrected chi connectivity index (χ2v) is 6.33. The number of nitrogens with one attached hydrogen (secondary N) is 1. The third-order valence-electron chi connectivity index (χ3n) is 4.42. The number of aromatic nitrogens is 2. The third-order valence-corrected chi connectivity index (χ3v) is 4.42. The number of hydrogen-bond donors (Lipinski definition) is 1. The summed E-state index contributed by atoms with van der Waals surface area (Å²) in [5, 5.41) is 3.14. The number of amides is 1. The van der Waals surface area contributed by atoms with Gasteiger partial charge in [0.25, 0.3) is 0 Å². The van der Waals surface area contributed by atoms with E-state index in [9.17, 15) is 9.59 Å². The maximum atomic E-state index is 11.8. The molecule has 2 aromatic rings. The standard InChI is InChI=1S/C20H25N5O4/c1-3-28-18(26)15-5-7-16(8-6-15)22-19-21-10-9-17(23-19)24-11-13-25(14-12-24)20(27)29-4-2/h5-10H,3-4,11-14H2,1-2H3,(H,21,22,23). The Balaban J connectivity index is 1.60. The van der Waals surface area contributed by atoms with Crippen molar-refractivity contribution in [2.75, 3.05) is 49.6 Å². The van der Waals surface area contributed by atoms with Gasteiger partial charge >= 0.3 is 12.1 Å². The Labute approximate surface area is 169 Å². The van der Waals surface area contributed by atoms with E-state index in [4.69, 9.17) is 9.47 Å². The van der Waals surface area contributed by atoms with Crippen LogP contribution in [0.3, 0.4) is 0 Å². The number of hydrogen-bond acceptors (Lipinski definition) is 8. The topological polar surface area (TPSA) is 96.9 Å². The highest BCUT2D eigenvalue weighted by Crippen LogP contribution is 2.19. The summed E-state index contributed by atoms with van der Waals surface area (Å²) in [4.78, 5) is 36.2. The van der Waals surface area contributed by atoms with Crippen LogP contribution < -0.4 is 10.2 Å². The van der Waals surface area contributed by atoms with Gasteiger partial charge < -0.3 is 24.6 Å². The van der Waals surface area contributed by atoms with Crippen LogP contribution in [-0.2, 0) is 9.47 Å². The summed E-state index contributed by atoms with van der Waals surface area (Å²) < 4.78 is 10.0. The molecule has 0 saturated carbocycles. The van der Waals surface area contributed by atoms with Crippen LogP contribution in [0.25, 0.3) is 0 Å². The highest BCUT2D eigenvalue weighted by molar-refractivity contribution is 5.89. The van der Waals surface area contributed by atoms with E-state index in [1.807, 2.05) is 6.07 Å². The van der Waals surface area contributed by atoms with Gasteiger partial charge in [-0.15, -0.1) is 0 Å². The normalized spacial score (nSPS) is 13.7. The first kappa shape index (κ1) is 20.4. The molecule has 1 fully saturated rings. The molecule has 1 aliphatic rings. The molecule has 29 heavy (non-hydrogen) atoms. The molecular weight excluding hydrogens is 374 g/mol. The van der Waals surface area contributed by atoms with E-state index < -0.39 is 0 Å². The zero-order valence-electron chi connectivity index (χ0n) is 16.6. The Kier molecular flexibility index (Phi) is 6.83. The Morgan fingerprint density at radius 1 is 1.00 bits per heavy atom. The molecule has 0 radical (unpaired) electrons. The number of esters is 1. The Morgan fingerprint density at radius 2 is 1.69 bits per heavy atom. The van der Waals surface area contributed by atoms with Gasteiger partial charge in [0, 0.05) is 38.1 Å². The Hall–Kier alpha value is -3.36. The van der Waals surface area contributed by atoms with Gasteiger partial charge in [0.2, 0.25) is 5.95 Å². The minimum atomic E-state index is -0.348. The molecule has 1 saturated heterocycles. The van der Waals surface area contributed by atoms with Crippen molar-refractivity contribution >= 4 is 29.5 Å². The van der Waals surface area contributed by atoms with Crippen molar-refractivity contribution in [1.29, 1.82) is 0 Å². The lowest BCUT2D eigenvalue weighted by Gasteiger charge is -2.34. The lowest BCUT2D eigenvalue weighted by molar-refractivity contribution is 0.0526. The lowest BCUT2D eigenvalue weighted by Crippen LogP contribution is -2.49. The van der Waals surface area contributed by atoms with Crippen molar-refractivity contribution in [3.63, 3.8) is 0 Å². The highest BCUT2D eigenvalue weighted by Gasteiger charge is 2.22. The van der Waals surface area contributed by atoms with Gasteiger partial charge in [-0.1, -0.05) is 0 Å². The largest absolute Gasteiger partial charge is 0.462 e. The SMILES string of the molecule is CCOC(=O)c1ccc(Nc2nccc(N3CCN(C(=O)OCC)CC3)n2)cc1. The lowest BCUT2D eigenvalue weighted by atomic mass is 10.2. The van der Waals surface area contributed by atoms with Gasteiger partial charge in [-0.2, -0.15) is 4.98 Å². The minimum Gasteiger partial charge on any atom is -0.462 e. The first-order valence-corrected chi connectivity index (χ1v) is 9.64. The summed E-state index contributed by atoms with van der Waals surface area (Å²) in [6, 6.07) is 8.79. The summed E-state index contributed by atoms with van der Waals surface area (Å²) >= 11 is 0. The fourth-order valence-corrected chi connectivity index (χ4v) is 2.95. The smallest absolute Gasteiger partial charge is 0.409 e. The van der Waals surface area contributed by atoms with E-state index >= 15 is 0 Å². The van der Waals surface area contributed by atoms with E-state index in [0.29, 0.717) is 50.9 Å². The van der Waals surface area contributed by atoms with E-state index in [2.05, 4.69) is 20.2 Å². The van der Waals surface area contributed by atoms with Crippen LogP contribution in [0.15, 0.2) is 36.5 Å². The molecule has 1 N–H and O–H groups in total. The third kappa shape index (κ3) is 5.34. The van der Waals surface area contributed by atoms with E-state index in [1.54, 1.807) is 49.2 Å². The molecule has 9 nitrogen and oxygen atoms in total. The number of nitrogens with zero attached hydrogens (tertiary/aromatic N) is 4. The van der Waals surface area contributed by atoms with Crippen LogP contribution in [0, 0.1) is 0 Å². The Morgan fingerprint density at radius 3 is 2.34 bits per heavy atom. The van der Waals surface area contributed by atoms with Gasteiger partial charge in [-0.05, 0) is 44.2 Å². The van der Waals surface area contributed by atoms with Crippen LogP contribution in [0.1, 0.15) is 24.2 Å². The molecule has 0 unspecified atom stereocenters. The zero-order chi connectivity index (χ0) is 20.6. The molecule has 0 aliphatic carbocycles. The number of ether oxygens (including phenoxy) is 2. The number of benzene rings is 1. The first-order chi connectivity index (χ1) is 14.1. The number of piperazine rings is 1. The average Bonchev–Trinajstić information content (AvgIpc) is 2.75. The summed E-state index contributed by atoms with van der Waals surface area (Å²) in [6.45, 7) is 6.80. The van der Waals surface area contributed by atoms with E-state index in [0.717, 1.165) is 11.5 Å². The first-order valence-electron chi connectivity index (χ1n) is 9.64. The van der Waals surface area contributed by atoms with Crippen molar-refractivity contribution in [1.82, 2.24) is 14.9 Å². The van der Waals surface area contributed by atoms with E-state index in [-0.39, 0.29) is 12.1 Å². The molecule has 0 bridgehead atoms. The van der Waals surface area contributed by atoms with Crippen molar-refractivity contribution in [3.05, 3.63) is 42.1 Å². The quantitative estimate of drug-likeness (QED) is 0.741. The van der Waals surface area contributed by atoms with Crippen LogP contribution in [-0.4, -0.2) is 66.3 Å². The van der Waals surface area contributed by atoms with Crippen LogP contribution >= 0.6 is 0 Å². The summed E-state index contributed by atoms with van der Waals surface area (Å²) in [6.07, 6.45) is 1.42. The minimum absolute atomic E-state index is 0.275. The van der Waals surface area contributed by atoms with Gasteiger partial charge in [0.1, 0.15) is 5.82 Å². The molecule has 9 heteroatoms. The number of carbonyl (C=O) groups is 2. The van der Waals surface area contributed by atoms with Crippen LogP contribution in [0.4, 0.5) is 22.2 Å². The number of anilines is 3. The molecule has 1 aromatic heterocycles. The molecule has 2 heterocycles. The monoisotopic (exact) mass is 399 g/mol. The highest BCUT2D eigenvalue weighted by atomic mass is 16.6. The molecule has 154 valence electrons. The summed E-state index contributed by atoms with van der Waals surface area (Å²) in [5.41, 5.74) is 1.26. The van der Waals surface area contributed by atoms with Crippen molar-refractivity contribution < 1.29 is 19.1 Å². The molecular formula is C20H25N5O4. The molecule has 1 aliphatic heterocycles. The van der Waals surface area contributed by atoms with Gasteiger partial charge in [-0.3, -0.25) is 0 Å². The van der Waals surface area contributed by atoms with Crippen molar-refractivity contribution in [2.45, 2.75) is 13.8 Å². The maximum Gasteiger partial charge on any atom is 0.409 e. The second kappa shape index (κ2) is 9.72. The van der Waals surface area contributed by atoms with E-state index in [1.165, 1.54) is 0 Å². The molecule has 0 atom stereocenters. The Bertz CT molecular complexity index is 835. The van der Waals surface area contributed by atoms with Crippen molar-refractivity contribution in [3.8, 4) is 0 Å². The maximum absolute atomic E-state index is 11.8. The van der Waals surface area contributed by atoms with Crippen molar-refractivity contribution in [2.24, 2.45) is 0 Å². The summed E-state index contributed by atoms with van der Waals surface area (Å²) in [7, 11) is 0. The molecule has 1 aromatic carbocycles. The molecule has 3 rings (SSSR count). The number of rotatable bonds is 6. The predicted octanol–water partition coefficient (Wildman–Crippen LogP) is 2.68. The van der Waals surface area contributed by atoms with Crippen LogP contribution in [0.2, 0.25) is 0 Å². The summed E-state index contributed by atoms with van der Waals surface area (Å²) in [5.74, 6) is 0.896. The fourth-order valence-electron chi connectivity index (χ4n) is 2.95. The second-order valence-electron chi connectivity index (χ2n) is 6.33. The van der Waals surface area contributed by atoms with Crippen LogP contribution in [0.5, 0.6) is 0 Å². The van der Waals surface area contributed by atoms with Gasteiger partial charge in [-0.25, -0.2) is 14.6 Å². The van der Waals surface area contributed by atoms with Gasteiger partial charge in [0.05, 0.1) is 18.8 Å². The van der Waals surface area contributed by atoms with Gasteiger partial charge in [0.15, 0.2) is 0 Å². The predicted molar refractivity (Wildman–Crippen MR) is 109 cm³/mol. The fraction of sp³-hybridized carbons (Fsp3) is 0.400. The zero-order valence-corrected chi connectivity index (χ0v) is 16.6. The molecule has 0 spiro atoms.